The second-order valence-corrected chi connectivity index (χ2v) is 23.7. The Hall–Kier alpha value is -2.28. The minimum Gasteiger partial charge on any atom is -0.462 e. The van der Waals surface area contributed by atoms with Crippen LogP contribution in [0.1, 0.15) is 122 Å². The number of ether oxygens (including phenoxy) is 6. The smallest absolute Gasteiger partial charge is 0.309 e. The van der Waals surface area contributed by atoms with Crippen LogP contribution in [0.4, 0.5) is 0 Å². The van der Waals surface area contributed by atoms with Crippen LogP contribution in [0.5, 0.6) is 0 Å². The van der Waals surface area contributed by atoms with Crippen molar-refractivity contribution in [1.82, 2.24) is 25.4 Å². The number of esters is 4. The van der Waals surface area contributed by atoms with Gasteiger partial charge in [-0.1, -0.05) is 48.5 Å². The lowest BCUT2D eigenvalue weighted by atomic mass is 9.86. The SMILES string of the molecule is COC(C)(C)CCOC(C)(C)CCN1C=C(CN(CCC(=O)OCCOC(=O)C(C)CSC(C)(C)CC(C)(C)C)CCC(=O)OCCOC(=O)C(C)CSC(C)(C)N(C)C)NN1C. The quantitative estimate of drug-likeness (QED) is 0.0319. The first-order chi connectivity index (χ1) is 29.0. The predicted octanol–water partition coefficient (Wildman–Crippen LogP) is 7.00. The molecule has 368 valence electrons. The maximum Gasteiger partial charge on any atom is 0.309 e. The summed E-state index contributed by atoms with van der Waals surface area (Å²) in [6.07, 6.45) is 4.71. The molecule has 0 fully saturated rings. The molecule has 0 aromatic rings. The Morgan fingerprint density at radius 1 is 0.714 bits per heavy atom. The molecule has 2 atom stereocenters. The number of hydrazine groups is 2. The van der Waals surface area contributed by atoms with Gasteiger partial charge in [0.05, 0.1) is 53.1 Å². The second kappa shape index (κ2) is 27.4. The van der Waals surface area contributed by atoms with Crippen molar-refractivity contribution in [2.75, 3.05) is 99.0 Å². The molecule has 0 aliphatic carbocycles. The molecule has 0 spiro atoms. The molecular formula is C46H87N5O10S2. The molecular weight excluding hydrogens is 847 g/mol. The van der Waals surface area contributed by atoms with Crippen LogP contribution in [0.25, 0.3) is 0 Å². The molecule has 0 amide bonds. The molecule has 17 heteroatoms. The van der Waals surface area contributed by atoms with Gasteiger partial charge in [0.1, 0.15) is 26.4 Å². The summed E-state index contributed by atoms with van der Waals surface area (Å²) in [6, 6.07) is 0. The van der Waals surface area contributed by atoms with Gasteiger partial charge in [-0.05, 0) is 80.3 Å². The molecule has 0 aromatic carbocycles. The monoisotopic (exact) mass is 934 g/mol. The van der Waals surface area contributed by atoms with Gasteiger partial charge in [0.15, 0.2) is 0 Å². The van der Waals surface area contributed by atoms with Gasteiger partial charge in [-0.25, -0.2) is 0 Å². The first-order valence-electron chi connectivity index (χ1n) is 22.5. The van der Waals surface area contributed by atoms with E-state index in [1.54, 1.807) is 30.6 Å². The Labute approximate surface area is 390 Å². The van der Waals surface area contributed by atoms with E-state index in [1.807, 2.05) is 65.1 Å². The van der Waals surface area contributed by atoms with Crippen molar-refractivity contribution in [3.8, 4) is 0 Å². The molecule has 15 nitrogen and oxygen atoms in total. The van der Waals surface area contributed by atoms with Crippen molar-refractivity contribution in [2.24, 2.45) is 17.3 Å². The highest BCUT2D eigenvalue weighted by Crippen LogP contribution is 2.37. The van der Waals surface area contributed by atoms with Crippen molar-refractivity contribution in [3.05, 3.63) is 11.9 Å². The molecule has 63 heavy (non-hydrogen) atoms. The zero-order valence-electron chi connectivity index (χ0n) is 42.2. The van der Waals surface area contributed by atoms with Crippen molar-refractivity contribution < 1.29 is 47.6 Å². The topological polar surface area (TPSA) is 149 Å². The number of carbonyl (C=O) groups is 4. The average molecular weight is 934 g/mol. The fraction of sp³-hybridized carbons (Fsp3) is 0.870. The summed E-state index contributed by atoms with van der Waals surface area (Å²) in [5.74, 6) is -0.857. The standard InChI is InChI=1S/C46H87N5O10S2/c1-35(32-62-45(10,11)34-42(3,4)5)40(54)59-28-26-57-38(52)18-22-50(23-19-39(53)58-27-29-60-41(55)36(2)33-63-46(12,13)48(14)15)30-37-31-51(49(16)47-37)24-20-44(8,9)61-25-21-43(6,7)56-17/h31,35-36,47H,18-30,32-34H2,1-17H3. The van der Waals surface area contributed by atoms with E-state index in [0.29, 0.717) is 44.3 Å². The zero-order chi connectivity index (χ0) is 48.2. The third kappa shape index (κ3) is 26.5. The van der Waals surface area contributed by atoms with Crippen LogP contribution < -0.4 is 5.43 Å². The number of thioether (sulfide) groups is 2. The Bertz CT molecular complexity index is 1440. The third-order valence-corrected chi connectivity index (χ3v) is 14.1. The third-order valence-electron chi connectivity index (χ3n) is 10.8. The zero-order valence-corrected chi connectivity index (χ0v) is 43.9. The van der Waals surface area contributed by atoms with E-state index in [1.165, 1.54) is 0 Å². The van der Waals surface area contributed by atoms with Gasteiger partial charge in [0.2, 0.25) is 0 Å². The molecule has 1 aliphatic heterocycles. The van der Waals surface area contributed by atoms with Crippen molar-refractivity contribution in [3.63, 3.8) is 0 Å². The molecule has 0 radical (unpaired) electrons. The van der Waals surface area contributed by atoms with Gasteiger partial charge in [-0.2, -0.15) is 11.8 Å². The molecule has 0 aromatic heterocycles. The van der Waals surface area contributed by atoms with E-state index in [9.17, 15) is 19.2 Å². The van der Waals surface area contributed by atoms with Crippen LogP contribution in [0.15, 0.2) is 11.9 Å². The minimum absolute atomic E-state index is 0.0195. The fourth-order valence-corrected chi connectivity index (χ4v) is 8.72. The average Bonchev–Trinajstić information content (AvgIpc) is 3.53. The summed E-state index contributed by atoms with van der Waals surface area (Å²) < 4.78 is 33.4. The molecule has 0 saturated carbocycles. The Morgan fingerprint density at radius 3 is 1.68 bits per heavy atom. The lowest BCUT2D eigenvalue weighted by molar-refractivity contribution is -0.154. The van der Waals surface area contributed by atoms with Gasteiger partial charge < -0.3 is 33.8 Å². The highest BCUT2D eigenvalue weighted by Gasteiger charge is 2.29. The van der Waals surface area contributed by atoms with E-state index in [2.05, 4.69) is 77.6 Å². The minimum atomic E-state index is -0.439. The number of nitrogens with zero attached hydrogens (tertiary/aromatic N) is 4. The van der Waals surface area contributed by atoms with Gasteiger partial charge in [0.25, 0.3) is 0 Å². The van der Waals surface area contributed by atoms with E-state index < -0.39 is 11.9 Å². The molecule has 1 N–H and O–H groups in total. The molecule has 1 rings (SSSR count). The maximum atomic E-state index is 12.9. The number of carbonyl (C=O) groups excluding carboxylic acids is 4. The fourth-order valence-electron chi connectivity index (χ4n) is 6.30. The highest BCUT2D eigenvalue weighted by atomic mass is 32.2. The molecule has 0 saturated heterocycles. The normalized spacial score (nSPS) is 15.3. The largest absolute Gasteiger partial charge is 0.462 e. The van der Waals surface area contributed by atoms with E-state index >= 15 is 0 Å². The lowest BCUT2D eigenvalue weighted by Crippen LogP contribution is -2.42. The van der Waals surface area contributed by atoms with E-state index in [-0.39, 0.29) is 89.3 Å². The summed E-state index contributed by atoms with van der Waals surface area (Å²) in [7, 11) is 7.64. The van der Waals surface area contributed by atoms with Gasteiger partial charge in [0, 0.05) is 62.8 Å². The Kier molecular flexibility index (Phi) is 25.5. The van der Waals surface area contributed by atoms with Crippen LogP contribution in [0, 0.1) is 17.3 Å². The molecule has 2 unspecified atom stereocenters. The van der Waals surface area contributed by atoms with Crippen molar-refractivity contribution >= 4 is 47.4 Å². The van der Waals surface area contributed by atoms with Crippen molar-refractivity contribution in [2.45, 2.75) is 143 Å². The first-order valence-corrected chi connectivity index (χ1v) is 24.4. The number of methoxy groups -OCH3 is 1. The number of nitrogens with one attached hydrogen (secondary N) is 1. The predicted molar refractivity (Wildman–Crippen MR) is 255 cm³/mol. The van der Waals surface area contributed by atoms with Crippen LogP contribution in [-0.4, -0.2) is 164 Å². The van der Waals surface area contributed by atoms with Crippen LogP contribution >= 0.6 is 23.5 Å². The lowest BCUT2D eigenvalue weighted by Gasteiger charge is -2.32. The molecule has 1 aliphatic rings. The molecule has 0 bridgehead atoms. The Balaban J connectivity index is 2.76. The summed E-state index contributed by atoms with van der Waals surface area (Å²) in [6.45, 7) is 29.4. The van der Waals surface area contributed by atoms with Gasteiger partial charge >= 0.3 is 23.9 Å². The van der Waals surface area contributed by atoms with Crippen LogP contribution in [-0.2, 0) is 47.6 Å². The van der Waals surface area contributed by atoms with Crippen LogP contribution in [0.3, 0.4) is 0 Å². The van der Waals surface area contributed by atoms with Gasteiger partial charge in [-0.3, -0.25) is 34.0 Å². The maximum absolute atomic E-state index is 12.9. The highest BCUT2D eigenvalue weighted by molar-refractivity contribution is 8.00. The summed E-state index contributed by atoms with van der Waals surface area (Å²) in [4.78, 5) is 54.9. The van der Waals surface area contributed by atoms with E-state index in [4.69, 9.17) is 28.4 Å². The number of hydrogen-bond donors (Lipinski definition) is 1. The summed E-state index contributed by atoms with van der Waals surface area (Å²) in [5, 5.41) is 3.97. The van der Waals surface area contributed by atoms with Crippen molar-refractivity contribution in [1.29, 1.82) is 0 Å². The van der Waals surface area contributed by atoms with E-state index in [0.717, 1.165) is 25.0 Å². The summed E-state index contributed by atoms with van der Waals surface area (Å²) in [5.41, 5.74) is 3.84. The second-order valence-electron chi connectivity index (χ2n) is 20.3. The Morgan fingerprint density at radius 2 is 1.21 bits per heavy atom. The first kappa shape index (κ1) is 58.7. The van der Waals surface area contributed by atoms with Gasteiger partial charge in [-0.15, -0.1) is 16.9 Å². The molecule has 1 heterocycles. The summed E-state index contributed by atoms with van der Waals surface area (Å²) >= 11 is 3.44. The van der Waals surface area contributed by atoms with Crippen LogP contribution in [0.2, 0.25) is 0 Å². The number of hydrogen-bond acceptors (Lipinski definition) is 17. The number of rotatable bonds is 32.